The van der Waals surface area contributed by atoms with Gasteiger partial charge in [-0.2, -0.15) is 13.2 Å². The maximum absolute atomic E-state index is 13.0. The topological polar surface area (TPSA) is 71.5 Å². The zero-order chi connectivity index (χ0) is 24.4. The number of carbonyl (C=O) groups is 2. The Labute approximate surface area is 195 Å². The summed E-state index contributed by atoms with van der Waals surface area (Å²) in [6.07, 6.45) is -3.25. The monoisotopic (exact) mass is 483 g/mol. The van der Waals surface area contributed by atoms with E-state index in [0.29, 0.717) is 40.7 Å². The Balaban J connectivity index is 1.64. The summed E-state index contributed by atoms with van der Waals surface area (Å²) in [5.41, 5.74) is -0.206. The first kappa shape index (κ1) is 25.0. The van der Waals surface area contributed by atoms with Gasteiger partial charge in [0.05, 0.1) is 22.2 Å². The quantitative estimate of drug-likeness (QED) is 0.610. The molecule has 1 unspecified atom stereocenters. The number of amides is 2. The normalized spacial score (nSPS) is 17.1. The van der Waals surface area contributed by atoms with Gasteiger partial charge in [-0.15, -0.1) is 11.3 Å². The molecule has 0 spiro atoms. The van der Waals surface area contributed by atoms with E-state index >= 15 is 0 Å². The molecule has 0 radical (unpaired) electrons. The smallest absolute Gasteiger partial charge is 0.416 e. The van der Waals surface area contributed by atoms with Crippen LogP contribution >= 0.6 is 11.3 Å². The lowest BCUT2D eigenvalue weighted by atomic mass is 9.97. The van der Waals surface area contributed by atoms with E-state index in [1.54, 1.807) is 38.7 Å². The Morgan fingerprint density at radius 3 is 2.67 bits per heavy atom. The largest absolute Gasteiger partial charge is 0.444 e. The van der Waals surface area contributed by atoms with Crippen LogP contribution in [0.1, 0.15) is 55.4 Å². The zero-order valence-corrected chi connectivity index (χ0v) is 19.9. The van der Waals surface area contributed by atoms with Crippen LogP contribution in [0.4, 0.5) is 23.0 Å². The number of nitrogens with one attached hydrogen (secondary N) is 1. The fourth-order valence-electron chi connectivity index (χ4n) is 3.57. The number of carbonyl (C=O) groups excluding carboxylic acids is 2. The summed E-state index contributed by atoms with van der Waals surface area (Å²) in [6, 6.07) is 5.15. The predicted octanol–water partition coefficient (Wildman–Crippen LogP) is 5.65. The molecular formula is C23H28F3N3O3S. The van der Waals surface area contributed by atoms with Crippen molar-refractivity contribution in [1.82, 2.24) is 9.88 Å². The van der Waals surface area contributed by atoms with Gasteiger partial charge in [-0.3, -0.25) is 4.79 Å². The summed E-state index contributed by atoms with van der Waals surface area (Å²) in [4.78, 5) is 31.2. The van der Waals surface area contributed by atoms with Gasteiger partial charge in [0.25, 0.3) is 0 Å². The maximum atomic E-state index is 13.0. The average Bonchev–Trinajstić information content (AvgIpc) is 3.05. The van der Waals surface area contributed by atoms with Gasteiger partial charge in [0.15, 0.2) is 0 Å². The molecule has 2 amide bonds. The Hall–Kier alpha value is -2.62. The number of nitrogens with zero attached hydrogens (tertiary/aromatic N) is 2. The predicted molar refractivity (Wildman–Crippen MR) is 120 cm³/mol. The van der Waals surface area contributed by atoms with Gasteiger partial charge in [0.1, 0.15) is 10.6 Å². The van der Waals surface area contributed by atoms with Crippen molar-refractivity contribution in [2.24, 2.45) is 5.92 Å². The molecule has 3 rings (SSSR count). The molecule has 2 aromatic rings. The fourth-order valence-corrected chi connectivity index (χ4v) is 4.58. The van der Waals surface area contributed by atoms with E-state index in [-0.39, 0.29) is 24.8 Å². The maximum Gasteiger partial charge on any atom is 0.416 e. The van der Waals surface area contributed by atoms with Gasteiger partial charge in [0.2, 0.25) is 5.91 Å². The number of likely N-dealkylation sites (tertiary alicyclic amines) is 1. The number of rotatable bonds is 4. The molecule has 1 aromatic carbocycles. The van der Waals surface area contributed by atoms with E-state index in [1.165, 1.54) is 17.4 Å². The molecule has 1 N–H and O–H groups in total. The third kappa shape index (κ3) is 6.93. The average molecular weight is 484 g/mol. The Kier molecular flexibility index (Phi) is 7.36. The Morgan fingerprint density at radius 2 is 2.00 bits per heavy atom. The first-order chi connectivity index (χ1) is 15.3. The molecule has 6 nitrogen and oxygen atoms in total. The molecule has 1 atom stereocenters. The Bertz CT molecular complexity index is 1010. The van der Waals surface area contributed by atoms with Crippen LogP contribution in [0, 0.1) is 12.8 Å². The van der Waals surface area contributed by atoms with Crippen LogP contribution in [0.5, 0.6) is 0 Å². The molecule has 1 aliphatic heterocycles. The number of aromatic nitrogens is 1. The summed E-state index contributed by atoms with van der Waals surface area (Å²) in [7, 11) is 0. The first-order valence-electron chi connectivity index (χ1n) is 10.7. The molecule has 0 saturated carbocycles. The van der Waals surface area contributed by atoms with Crippen molar-refractivity contribution in [3.63, 3.8) is 0 Å². The minimum absolute atomic E-state index is 0.208. The molecule has 10 heteroatoms. The Morgan fingerprint density at radius 1 is 1.27 bits per heavy atom. The molecule has 180 valence electrons. The van der Waals surface area contributed by atoms with Crippen molar-refractivity contribution in [3.05, 3.63) is 46.1 Å². The van der Waals surface area contributed by atoms with Crippen LogP contribution in [0.25, 0.3) is 0 Å². The van der Waals surface area contributed by atoms with Crippen LogP contribution in [0.3, 0.4) is 0 Å². The standard InChI is InChI=1S/C23H28F3N3O3S/c1-14-20(33-18(27-14)12-15-7-5-9-17(11-15)23(24,25)26)28-19(30)16-8-6-10-29(13-16)21(31)32-22(2,3)4/h5,7,9,11,16H,6,8,10,12-13H2,1-4H3,(H,28,30). The number of halogens is 3. The van der Waals surface area contributed by atoms with Crippen LogP contribution < -0.4 is 5.32 Å². The minimum atomic E-state index is -4.40. The minimum Gasteiger partial charge on any atom is -0.444 e. The highest BCUT2D eigenvalue weighted by molar-refractivity contribution is 7.16. The number of hydrogen-bond donors (Lipinski definition) is 1. The van der Waals surface area contributed by atoms with Crippen molar-refractivity contribution in [2.45, 2.75) is 58.7 Å². The van der Waals surface area contributed by atoms with Gasteiger partial charge >= 0.3 is 12.3 Å². The number of anilines is 1. The lowest BCUT2D eigenvalue weighted by Gasteiger charge is -2.33. The highest BCUT2D eigenvalue weighted by Crippen LogP contribution is 2.31. The van der Waals surface area contributed by atoms with Gasteiger partial charge in [-0.1, -0.05) is 18.2 Å². The number of hydrogen-bond acceptors (Lipinski definition) is 5. The van der Waals surface area contributed by atoms with Gasteiger partial charge in [0, 0.05) is 19.5 Å². The molecule has 1 fully saturated rings. The summed E-state index contributed by atoms with van der Waals surface area (Å²) in [6.45, 7) is 7.94. The highest BCUT2D eigenvalue weighted by atomic mass is 32.1. The molecule has 1 saturated heterocycles. The van der Waals surface area contributed by atoms with Crippen LogP contribution in [0.2, 0.25) is 0 Å². The lowest BCUT2D eigenvalue weighted by molar-refractivity contribution is -0.137. The summed E-state index contributed by atoms with van der Waals surface area (Å²) >= 11 is 1.25. The SMILES string of the molecule is Cc1nc(Cc2cccc(C(F)(F)F)c2)sc1NC(=O)C1CCCN(C(=O)OC(C)(C)C)C1. The summed E-state index contributed by atoms with van der Waals surface area (Å²) in [5, 5.41) is 4.07. The molecule has 2 heterocycles. The number of piperidine rings is 1. The van der Waals surface area contributed by atoms with Crippen molar-refractivity contribution < 1.29 is 27.5 Å². The molecule has 0 bridgehead atoms. The second kappa shape index (κ2) is 9.70. The lowest BCUT2D eigenvalue weighted by Crippen LogP contribution is -2.45. The number of alkyl halides is 3. The highest BCUT2D eigenvalue weighted by Gasteiger charge is 2.32. The summed E-state index contributed by atoms with van der Waals surface area (Å²) in [5.74, 6) is -0.583. The molecule has 1 aromatic heterocycles. The number of ether oxygens (including phenoxy) is 1. The van der Waals surface area contributed by atoms with E-state index in [0.717, 1.165) is 12.1 Å². The van der Waals surface area contributed by atoms with E-state index < -0.39 is 23.4 Å². The number of thiazole rings is 1. The van der Waals surface area contributed by atoms with Crippen molar-refractivity contribution >= 4 is 28.3 Å². The van der Waals surface area contributed by atoms with Gasteiger partial charge in [-0.05, 0) is 52.2 Å². The van der Waals surface area contributed by atoms with Gasteiger partial charge < -0.3 is 15.0 Å². The zero-order valence-electron chi connectivity index (χ0n) is 19.1. The molecular weight excluding hydrogens is 455 g/mol. The van der Waals surface area contributed by atoms with Crippen LogP contribution in [0.15, 0.2) is 24.3 Å². The number of aryl methyl sites for hydroxylation is 1. The van der Waals surface area contributed by atoms with Crippen molar-refractivity contribution in [1.29, 1.82) is 0 Å². The molecule has 0 aliphatic carbocycles. The fraction of sp³-hybridized carbons (Fsp3) is 0.522. The van der Waals surface area contributed by atoms with Crippen LogP contribution in [-0.4, -0.2) is 40.6 Å². The number of benzene rings is 1. The third-order valence-electron chi connectivity index (χ3n) is 5.13. The van der Waals surface area contributed by atoms with Crippen molar-refractivity contribution in [2.75, 3.05) is 18.4 Å². The summed E-state index contributed by atoms with van der Waals surface area (Å²) < 4.78 is 44.3. The van der Waals surface area contributed by atoms with E-state index in [1.807, 2.05) is 0 Å². The second-order valence-electron chi connectivity index (χ2n) is 9.15. The van der Waals surface area contributed by atoms with E-state index in [4.69, 9.17) is 4.74 Å². The molecule has 1 aliphatic rings. The van der Waals surface area contributed by atoms with Gasteiger partial charge in [-0.25, -0.2) is 9.78 Å². The van der Waals surface area contributed by atoms with Crippen molar-refractivity contribution in [3.8, 4) is 0 Å². The van der Waals surface area contributed by atoms with E-state index in [9.17, 15) is 22.8 Å². The first-order valence-corrected chi connectivity index (χ1v) is 11.5. The van der Waals surface area contributed by atoms with Crippen LogP contribution in [-0.2, 0) is 22.1 Å². The molecule has 33 heavy (non-hydrogen) atoms. The van der Waals surface area contributed by atoms with E-state index in [2.05, 4.69) is 10.3 Å². The third-order valence-corrected chi connectivity index (χ3v) is 6.20. The second-order valence-corrected chi connectivity index (χ2v) is 10.2.